The monoisotopic (exact) mass is 350 g/mol. The van der Waals surface area contributed by atoms with Crippen molar-refractivity contribution in [3.05, 3.63) is 40.9 Å². The summed E-state index contributed by atoms with van der Waals surface area (Å²) < 4.78 is 1.00. The van der Waals surface area contributed by atoms with Crippen LogP contribution in [0.4, 0.5) is 10.5 Å². The molecule has 6 heteroatoms. The van der Waals surface area contributed by atoms with Crippen molar-refractivity contribution < 1.29 is 14.7 Å². The fraction of sp³-hybridized carbons (Fsp3) is 0.200. The molecule has 0 aliphatic rings. The Balaban J connectivity index is 2.07. The molecule has 0 saturated carbocycles. The van der Waals surface area contributed by atoms with Crippen LogP contribution in [0, 0.1) is 0 Å². The van der Waals surface area contributed by atoms with Gasteiger partial charge in [-0.05, 0) is 35.0 Å². The van der Waals surface area contributed by atoms with Gasteiger partial charge < -0.3 is 15.3 Å². The van der Waals surface area contributed by atoms with Crippen LogP contribution >= 0.6 is 15.9 Å². The summed E-state index contributed by atoms with van der Waals surface area (Å²) in [7, 11) is 1.57. The van der Waals surface area contributed by atoms with Crippen LogP contribution in [0.3, 0.4) is 0 Å². The number of nitrogens with zero attached hydrogens (tertiary/aromatic N) is 1. The minimum absolute atomic E-state index is 0.0737. The van der Waals surface area contributed by atoms with Gasteiger partial charge in [0.05, 0.1) is 6.42 Å². The van der Waals surface area contributed by atoms with Crippen LogP contribution in [-0.4, -0.2) is 35.6 Å². The molecule has 0 unspecified atom stereocenters. The van der Waals surface area contributed by atoms with Gasteiger partial charge in [0.2, 0.25) is 0 Å². The number of carboxylic acids is 1. The Hall–Kier alpha value is -2.08. The number of halogens is 1. The molecule has 0 aliphatic heterocycles. The molecular weight excluding hydrogens is 336 g/mol. The summed E-state index contributed by atoms with van der Waals surface area (Å²) in [6.45, 7) is 0.168. The smallest absolute Gasteiger partial charge is 0.321 e. The van der Waals surface area contributed by atoms with Crippen molar-refractivity contribution in [1.82, 2.24) is 4.90 Å². The number of carbonyl (C=O) groups excluding carboxylic acids is 1. The maximum Gasteiger partial charge on any atom is 0.321 e. The van der Waals surface area contributed by atoms with E-state index in [4.69, 9.17) is 5.11 Å². The lowest BCUT2D eigenvalue weighted by molar-refractivity contribution is -0.137. The molecule has 21 heavy (non-hydrogen) atoms. The zero-order chi connectivity index (χ0) is 15.4. The molecule has 2 aromatic carbocycles. The van der Waals surface area contributed by atoms with Gasteiger partial charge in [-0.3, -0.25) is 4.79 Å². The van der Waals surface area contributed by atoms with E-state index < -0.39 is 5.97 Å². The number of carbonyl (C=O) groups is 2. The number of urea groups is 1. The second-order valence-corrected chi connectivity index (χ2v) is 5.62. The first kappa shape index (κ1) is 15.3. The highest BCUT2D eigenvalue weighted by Gasteiger charge is 2.10. The second kappa shape index (κ2) is 6.58. The van der Waals surface area contributed by atoms with Crippen LogP contribution in [0.1, 0.15) is 6.42 Å². The molecule has 0 heterocycles. The summed E-state index contributed by atoms with van der Waals surface area (Å²) in [6, 6.07) is 11.2. The average molecular weight is 351 g/mol. The molecule has 0 atom stereocenters. The highest BCUT2D eigenvalue weighted by molar-refractivity contribution is 9.10. The first-order valence-corrected chi connectivity index (χ1v) is 7.18. The van der Waals surface area contributed by atoms with E-state index in [-0.39, 0.29) is 19.0 Å². The molecule has 0 radical (unpaired) electrons. The molecule has 110 valence electrons. The van der Waals surface area contributed by atoms with Crippen LogP contribution in [0.25, 0.3) is 10.8 Å². The minimum atomic E-state index is -0.925. The SMILES string of the molecule is CN(CCC(=O)O)C(=O)Nc1ccc2cc(Br)ccc2c1. The van der Waals surface area contributed by atoms with Crippen LogP contribution < -0.4 is 5.32 Å². The topological polar surface area (TPSA) is 69.6 Å². The van der Waals surface area contributed by atoms with E-state index in [0.717, 1.165) is 15.2 Å². The normalized spacial score (nSPS) is 10.4. The van der Waals surface area contributed by atoms with E-state index >= 15 is 0 Å². The fourth-order valence-electron chi connectivity index (χ4n) is 1.88. The number of aliphatic carboxylic acids is 1. The summed E-state index contributed by atoms with van der Waals surface area (Å²) in [5.74, 6) is -0.925. The van der Waals surface area contributed by atoms with Crippen molar-refractivity contribution in [2.75, 3.05) is 18.9 Å². The fourth-order valence-corrected chi connectivity index (χ4v) is 2.26. The number of rotatable bonds is 4. The molecule has 0 aliphatic carbocycles. The molecule has 0 spiro atoms. The number of amides is 2. The quantitative estimate of drug-likeness (QED) is 0.885. The second-order valence-electron chi connectivity index (χ2n) is 4.70. The van der Waals surface area contributed by atoms with E-state index in [1.165, 1.54) is 4.90 Å². The van der Waals surface area contributed by atoms with Gasteiger partial charge in [-0.1, -0.05) is 28.1 Å². The molecule has 2 aromatic rings. The van der Waals surface area contributed by atoms with Crippen LogP contribution in [-0.2, 0) is 4.79 Å². The lowest BCUT2D eigenvalue weighted by Gasteiger charge is -2.17. The van der Waals surface area contributed by atoms with Gasteiger partial charge in [0.1, 0.15) is 0 Å². The Morgan fingerprint density at radius 3 is 2.57 bits per heavy atom. The number of benzene rings is 2. The molecule has 0 saturated heterocycles. The van der Waals surface area contributed by atoms with Crippen molar-refractivity contribution >= 4 is 44.4 Å². The van der Waals surface area contributed by atoms with Crippen molar-refractivity contribution in [3.8, 4) is 0 Å². The number of hydrogen-bond donors (Lipinski definition) is 2. The summed E-state index contributed by atoms with van der Waals surface area (Å²) in [5, 5.41) is 13.5. The lowest BCUT2D eigenvalue weighted by atomic mass is 10.1. The summed E-state index contributed by atoms with van der Waals surface area (Å²) >= 11 is 3.41. The van der Waals surface area contributed by atoms with Crippen molar-refractivity contribution in [2.24, 2.45) is 0 Å². The Kier molecular flexibility index (Phi) is 4.80. The molecule has 5 nitrogen and oxygen atoms in total. The molecule has 0 fully saturated rings. The number of fused-ring (bicyclic) bond motifs is 1. The van der Waals surface area contributed by atoms with Crippen LogP contribution in [0.15, 0.2) is 40.9 Å². The first-order valence-electron chi connectivity index (χ1n) is 6.39. The zero-order valence-electron chi connectivity index (χ0n) is 11.5. The Morgan fingerprint density at radius 1 is 1.19 bits per heavy atom. The van der Waals surface area contributed by atoms with E-state index in [1.54, 1.807) is 7.05 Å². The summed E-state index contributed by atoms with van der Waals surface area (Å²) in [6.07, 6.45) is -0.0737. The molecule has 0 bridgehead atoms. The van der Waals surface area contributed by atoms with Crippen molar-refractivity contribution in [3.63, 3.8) is 0 Å². The van der Waals surface area contributed by atoms with Crippen molar-refractivity contribution in [1.29, 1.82) is 0 Å². The Bertz CT molecular complexity index is 688. The molecule has 0 aromatic heterocycles. The zero-order valence-corrected chi connectivity index (χ0v) is 13.1. The van der Waals surface area contributed by atoms with Crippen molar-refractivity contribution in [2.45, 2.75) is 6.42 Å². The largest absolute Gasteiger partial charge is 0.481 e. The minimum Gasteiger partial charge on any atom is -0.481 e. The lowest BCUT2D eigenvalue weighted by Crippen LogP contribution is -2.33. The van der Waals surface area contributed by atoms with Crippen LogP contribution in [0.5, 0.6) is 0 Å². The standard InChI is InChI=1S/C15H15BrN2O3/c1-18(7-6-14(19)20)15(21)17-13-5-3-10-8-12(16)4-2-11(10)9-13/h2-5,8-9H,6-7H2,1H3,(H,17,21)(H,19,20). The highest BCUT2D eigenvalue weighted by Crippen LogP contribution is 2.23. The van der Waals surface area contributed by atoms with Gasteiger partial charge in [-0.2, -0.15) is 0 Å². The van der Waals surface area contributed by atoms with Gasteiger partial charge >= 0.3 is 12.0 Å². The van der Waals surface area contributed by atoms with E-state index in [0.29, 0.717) is 5.69 Å². The third-order valence-corrected chi connectivity index (χ3v) is 3.55. The predicted octanol–water partition coefficient (Wildman–Crippen LogP) is 3.54. The van der Waals surface area contributed by atoms with E-state index in [9.17, 15) is 9.59 Å². The molecule has 2 N–H and O–H groups in total. The van der Waals surface area contributed by atoms with Gasteiger partial charge in [0.15, 0.2) is 0 Å². The molecule has 2 amide bonds. The molecular formula is C15H15BrN2O3. The number of hydrogen-bond acceptors (Lipinski definition) is 2. The summed E-state index contributed by atoms with van der Waals surface area (Å²) in [5.41, 5.74) is 0.678. The summed E-state index contributed by atoms with van der Waals surface area (Å²) in [4.78, 5) is 23.8. The maximum absolute atomic E-state index is 11.9. The van der Waals surface area contributed by atoms with Gasteiger partial charge in [0.25, 0.3) is 0 Å². The van der Waals surface area contributed by atoms with Gasteiger partial charge in [-0.15, -0.1) is 0 Å². The van der Waals surface area contributed by atoms with E-state index in [2.05, 4.69) is 21.2 Å². The third-order valence-electron chi connectivity index (χ3n) is 3.06. The Morgan fingerprint density at radius 2 is 1.86 bits per heavy atom. The third kappa shape index (κ3) is 4.19. The van der Waals surface area contributed by atoms with Crippen LogP contribution in [0.2, 0.25) is 0 Å². The van der Waals surface area contributed by atoms with Gasteiger partial charge in [-0.25, -0.2) is 4.79 Å². The maximum atomic E-state index is 11.9. The van der Waals surface area contributed by atoms with E-state index in [1.807, 2.05) is 36.4 Å². The number of carboxylic acid groups (broad SMARTS) is 1. The molecule has 2 rings (SSSR count). The number of nitrogens with one attached hydrogen (secondary N) is 1. The predicted molar refractivity (Wildman–Crippen MR) is 85.5 cm³/mol. The first-order chi connectivity index (χ1) is 9.95. The highest BCUT2D eigenvalue weighted by atomic mass is 79.9. The van der Waals surface area contributed by atoms with Gasteiger partial charge in [0, 0.05) is 23.8 Å². The number of anilines is 1. The Labute approximate surface area is 130 Å². The average Bonchev–Trinajstić information content (AvgIpc) is 2.44.